The van der Waals surface area contributed by atoms with E-state index in [1.54, 1.807) is 5.57 Å². The van der Waals surface area contributed by atoms with Crippen molar-refractivity contribution in [3.8, 4) is 0 Å². The van der Waals surface area contributed by atoms with Gasteiger partial charge in [-0.1, -0.05) is 18.6 Å². The lowest BCUT2D eigenvalue weighted by atomic mass is 9.94. The van der Waals surface area contributed by atoms with Crippen LogP contribution in [0.4, 0.5) is 0 Å². The highest BCUT2D eigenvalue weighted by molar-refractivity contribution is 5.39. The smallest absolute Gasteiger partial charge is 0.106 e. The molecule has 0 saturated carbocycles. The summed E-state index contributed by atoms with van der Waals surface area (Å²) in [4.78, 5) is 0. The van der Waals surface area contributed by atoms with Gasteiger partial charge in [0.05, 0.1) is 6.04 Å². The molecule has 1 aliphatic rings. The Morgan fingerprint density at radius 3 is 2.56 bits per heavy atom. The van der Waals surface area contributed by atoms with Gasteiger partial charge in [-0.15, -0.1) is 0 Å². The number of aryl methyl sites for hydroxylation is 2. The van der Waals surface area contributed by atoms with Gasteiger partial charge in [0.15, 0.2) is 0 Å². The van der Waals surface area contributed by atoms with E-state index in [1.165, 1.54) is 36.8 Å². The third-order valence-electron chi connectivity index (χ3n) is 3.95. The van der Waals surface area contributed by atoms with Crippen molar-refractivity contribution in [2.75, 3.05) is 6.54 Å². The number of furan rings is 1. The van der Waals surface area contributed by atoms with E-state index in [9.17, 15) is 0 Å². The van der Waals surface area contributed by atoms with Gasteiger partial charge in [0.1, 0.15) is 11.5 Å². The van der Waals surface area contributed by atoms with Crippen LogP contribution in [0, 0.1) is 20.8 Å². The van der Waals surface area contributed by atoms with Gasteiger partial charge >= 0.3 is 0 Å². The number of allylic oxidation sites excluding steroid dienone is 1. The molecule has 100 valence electrons. The molecule has 0 aliphatic heterocycles. The molecule has 2 nitrogen and oxygen atoms in total. The molecule has 0 fully saturated rings. The second kappa shape index (κ2) is 5.75. The lowest BCUT2D eigenvalue weighted by Crippen LogP contribution is -2.24. The predicted octanol–water partition coefficient (Wildman–Crippen LogP) is 4.36. The van der Waals surface area contributed by atoms with Gasteiger partial charge in [-0.3, -0.25) is 0 Å². The minimum Gasteiger partial charge on any atom is -0.466 e. The Morgan fingerprint density at radius 2 is 2.06 bits per heavy atom. The van der Waals surface area contributed by atoms with Gasteiger partial charge in [0.2, 0.25) is 0 Å². The largest absolute Gasteiger partial charge is 0.466 e. The zero-order valence-electron chi connectivity index (χ0n) is 12.1. The third kappa shape index (κ3) is 2.54. The Labute approximate surface area is 110 Å². The zero-order valence-corrected chi connectivity index (χ0v) is 12.1. The molecule has 0 amide bonds. The molecule has 1 unspecified atom stereocenters. The Morgan fingerprint density at radius 1 is 1.28 bits per heavy atom. The lowest BCUT2D eigenvalue weighted by Gasteiger charge is -2.21. The van der Waals surface area contributed by atoms with E-state index in [1.807, 2.05) is 0 Å². The topological polar surface area (TPSA) is 25.2 Å². The summed E-state index contributed by atoms with van der Waals surface area (Å²) in [6.07, 6.45) is 7.33. The van der Waals surface area contributed by atoms with E-state index >= 15 is 0 Å². The van der Waals surface area contributed by atoms with Crippen LogP contribution in [0.5, 0.6) is 0 Å². The quantitative estimate of drug-likeness (QED) is 0.782. The third-order valence-corrected chi connectivity index (χ3v) is 3.95. The van der Waals surface area contributed by atoms with Crippen LogP contribution in [-0.4, -0.2) is 6.54 Å². The molecule has 1 aromatic rings. The Balaban J connectivity index is 2.32. The van der Waals surface area contributed by atoms with E-state index in [0.717, 1.165) is 18.1 Å². The normalized spacial score (nSPS) is 17.0. The summed E-state index contributed by atoms with van der Waals surface area (Å²) in [5.74, 6) is 2.13. The first-order valence-corrected chi connectivity index (χ1v) is 7.14. The van der Waals surface area contributed by atoms with Crippen molar-refractivity contribution in [2.45, 2.75) is 59.4 Å². The van der Waals surface area contributed by atoms with Crippen LogP contribution in [0.15, 0.2) is 16.1 Å². The van der Waals surface area contributed by atoms with Gasteiger partial charge in [-0.25, -0.2) is 0 Å². The highest BCUT2D eigenvalue weighted by atomic mass is 16.3. The molecule has 0 spiro atoms. The van der Waals surface area contributed by atoms with Crippen LogP contribution < -0.4 is 5.32 Å². The van der Waals surface area contributed by atoms with Gasteiger partial charge in [0.25, 0.3) is 0 Å². The first-order chi connectivity index (χ1) is 8.65. The first-order valence-electron chi connectivity index (χ1n) is 7.14. The fourth-order valence-corrected chi connectivity index (χ4v) is 2.90. The minimum absolute atomic E-state index is 0.366. The molecule has 2 rings (SSSR count). The average molecular weight is 247 g/mol. The molecule has 18 heavy (non-hydrogen) atoms. The number of nitrogens with one attached hydrogen (secondary N) is 1. The number of hydrogen-bond acceptors (Lipinski definition) is 2. The van der Waals surface area contributed by atoms with Crippen LogP contribution in [0.1, 0.15) is 61.3 Å². The van der Waals surface area contributed by atoms with Crippen molar-refractivity contribution in [2.24, 2.45) is 0 Å². The van der Waals surface area contributed by atoms with Crippen molar-refractivity contribution in [1.29, 1.82) is 0 Å². The van der Waals surface area contributed by atoms with E-state index in [2.05, 4.69) is 39.1 Å². The molecule has 0 radical (unpaired) electrons. The highest BCUT2D eigenvalue weighted by Crippen LogP contribution is 2.36. The van der Waals surface area contributed by atoms with E-state index in [-0.39, 0.29) is 0 Å². The molecule has 0 bridgehead atoms. The molecule has 2 heteroatoms. The predicted molar refractivity (Wildman–Crippen MR) is 75.9 cm³/mol. The fraction of sp³-hybridized carbons (Fsp3) is 0.625. The second-order valence-corrected chi connectivity index (χ2v) is 5.31. The maximum atomic E-state index is 5.80. The van der Waals surface area contributed by atoms with E-state index in [0.29, 0.717) is 6.04 Å². The minimum atomic E-state index is 0.366. The summed E-state index contributed by atoms with van der Waals surface area (Å²) >= 11 is 0. The summed E-state index contributed by atoms with van der Waals surface area (Å²) in [6, 6.07) is 0.366. The molecule has 1 aliphatic carbocycles. The Bertz CT molecular complexity index is 442. The summed E-state index contributed by atoms with van der Waals surface area (Å²) < 4.78 is 5.80. The van der Waals surface area contributed by atoms with Gasteiger partial charge in [-0.05, 0) is 58.6 Å². The standard InChI is InChI=1S/C16H25NO/c1-5-10-17-16(14-8-6-7-9-14)15-11(2)12(3)18-13(15)4/h8,16-17H,5-7,9-10H2,1-4H3. The Hall–Kier alpha value is -1.02. The SMILES string of the molecule is CCCNC(C1=CCCC1)c1c(C)oc(C)c1C. The molecule has 1 N–H and O–H groups in total. The monoisotopic (exact) mass is 247 g/mol. The first kappa shape index (κ1) is 13.4. The van der Waals surface area contributed by atoms with Crippen LogP contribution >= 0.6 is 0 Å². The van der Waals surface area contributed by atoms with Crippen molar-refractivity contribution >= 4 is 0 Å². The van der Waals surface area contributed by atoms with Crippen molar-refractivity contribution < 1.29 is 4.42 Å². The average Bonchev–Trinajstić information content (AvgIpc) is 2.93. The summed E-state index contributed by atoms with van der Waals surface area (Å²) in [7, 11) is 0. The fourth-order valence-electron chi connectivity index (χ4n) is 2.90. The Kier molecular flexibility index (Phi) is 4.28. The van der Waals surface area contributed by atoms with Crippen LogP contribution in [0.25, 0.3) is 0 Å². The summed E-state index contributed by atoms with van der Waals surface area (Å²) in [5, 5.41) is 3.69. The van der Waals surface area contributed by atoms with Crippen LogP contribution in [-0.2, 0) is 0 Å². The summed E-state index contributed by atoms with van der Waals surface area (Å²) in [5.41, 5.74) is 4.23. The van der Waals surface area contributed by atoms with Crippen molar-refractivity contribution in [3.05, 3.63) is 34.3 Å². The number of rotatable bonds is 5. The maximum Gasteiger partial charge on any atom is 0.106 e. The van der Waals surface area contributed by atoms with Crippen LogP contribution in [0.3, 0.4) is 0 Å². The van der Waals surface area contributed by atoms with Gasteiger partial charge < -0.3 is 9.73 Å². The maximum absolute atomic E-state index is 5.80. The van der Waals surface area contributed by atoms with Crippen LogP contribution in [0.2, 0.25) is 0 Å². The zero-order chi connectivity index (χ0) is 13.1. The molecule has 1 atom stereocenters. The molecule has 1 heterocycles. The van der Waals surface area contributed by atoms with Crippen molar-refractivity contribution in [3.63, 3.8) is 0 Å². The lowest BCUT2D eigenvalue weighted by molar-refractivity contribution is 0.491. The second-order valence-electron chi connectivity index (χ2n) is 5.31. The molecular formula is C16H25NO. The number of hydrogen-bond donors (Lipinski definition) is 1. The van der Waals surface area contributed by atoms with Crippen molar-refractivity contribution in [1.82, 2.24) is 5.32 Å². The van der Waals surface area contributed by atoms with E-state index in [4.69, 9.17) is 4.42 Å². The molecule has 0 aromatic carbocycles. The molecule has 0 saturated heterocycles. The highest BCUT2D eigenvalue weighted by Gasteiger charge is 2.24. The summed E-state index contributed by atoms with van der Waals surface area (Å²) in [6.45, 7) is 9.60. The molecular weight excluding hydrogens is 222 g/mol. The van der Waals surface area contributed by atoms with E-state index < -0.39 is 0 Å². The van der Waals surface area contributed by atoms with Gasteiger partial charge in [0, 0.05) is 5.56 Å². The molecule has 1 aromatic heterocycles. The van der Waals surface area contributed by atoms with Gasteiger partial charge in [-0.2, -0.15) is 0 Å².